The molecule has 6 heteroatoms. The van der Waals surface area contributed by atoms with Crippen molar-refractivity contribution < 1.29 is 0 Å². The number of aromatic nitrogens is 5. The first-order chi connectivity index (χ1) is 24.3. The van der Waals surface area contributed by atoms with Gasteiger partial charge in [-0.2, -0.15) is 0 Å². The van der Waals surface area contributed by atoms with Crippen LogP contribution in [0.25, 0.3) is 56.1 Å². The summed E-state index contributed by atoms with van der Waals surface area (Å²) in [6.07, 6.45) is 1.78. The molecule has 0 unspecified atom stereocenters. The molecule has 3 aromatic heterocycles. The normalized spacial score (nSPS) is 11.3. The summed E-state index contributed by atoms with van der Waals surface area (Å²) < 4.78 is 4.41. The highest BCUT2D eigenvalue weighted by atomic mass is 15.3. The van der Waals surface area contributed by atoms with Gasteiger partial charge in [-0.15, -0.1) is 10.2 Å². The fourth-order valence-corrected chi connectivity index (χ4v) is 6.69. The molecule has 0 bridgehead atoms. The van der Waals surface area contributed by atoms with Crippen LogP contribution in [0.4, 0.5) is 17.1 Å². The Bertz CT molecular complexity index is 2470. The van der Waals surface area contributed by atoms with Gasteiger partial charge in [-0.05, 0) is 97.1 Å². The molecular weight excluding hydrogens is 601 g/mol. The van der Waals surface area contributed by atoms with Crippen LogP contribution in [-0.2, 0) is 0 Å². The molecule has 9 rings (SSSR count). The van der Waals surface area contributed by atoms with E-state index in [0.717, 1.165) is 45.5 Å². The van der Waals surface area contributed by atoms with Crippen molar-refractivity contribution in [3.63, 3.8) is 0 Å². The topological polar surface area (TPSA) is 51.8 Å². The Morgan fingerprint density at radius 2 is 0.898 bits per heavy atom. The third-order valence-electron chi connectivity index (χ3n) is 8.92. The quantitative estimate of drug-likeness (QED) is 0.176. The number of hydrogen-bond donors (Lipinski definition) is 0. The smallest absolute Gasteiger partial charge is 0.187 e. The summed E-state index contributed by atoms with van der Waals surface area (Å²) in [6, 6.07) is 61.0. The molecule has 0 saturated heterocycles. The van der Waals surface area contributed by atoms with E-state index in [4.69, 9.17) is 0 Å². The van der Waals surface area contributed by atoms with Crippen LogP contribution in [0.2, 0.25) is 0 Å². The molecule has 0 fully saturated rings. The molecule has 3 heterocycles. The fourth-order valence-electron chi connectivity index (χ4n) is 6.69. The molecule has 0 atom stereocenters. The lowest BCUT2D eigenvalue weighted by atomic mass is 10.1. The van der Waals surface area contributed by atoms with Gasteiger partial charge >= 0.3 is 0 Å². The predicted molar refractivity (Wildman–Crippen MR) is 199 cm³/mol. The summed E-state index contributed by atoms with van der Waals surface area (Å²) >= 11 is 0. The second-order valence-electron chi connectivity index (χ2n) is 11.8. The average molecular weight is 631 g/mol. The summed E-state index contributed by atoms with van der Waals surface area (Å²) in [5, 5.41) is 11.8. The third-order valence-corrected chi connectivity index (χ3v) is 8.92. The van der Waals surface area contributed by atoms with Gasteiger partial charge in [0.15, 0.2) is 11.6 Å². The Morgan fingerprint density at radius 3 is 1.53 bits per heavy atom. The Labute approximate surface area is 283 Å². The number of rotatable bonds is 7. The number of benzene rings is 6. The van der Waals surface area contributed by atoms with Crippen molar-refractivity contribution >= 4 is 38.9 Å². The first-order valence-corrected chi connectivity index (χ1v) is 16.3. The van der Waals surface area contributed by atoms with E-state index in [1.165, 1.54) is 21.8 Å². The highest BCUT2D eigenvalue weighted by Crippen LogP contribution is 2.38. The molecule has 0 radical (unpaired) electrons. The average Bonchev–Trinajstić information content (AvgIpc) is 3.77. The summed E-state index contributed by atoms with van der Waals surface area (Å²) in [4.78, 5) is 6.85. The van der Waals surface area contributed by atoms with Crippen LogP contribution in [0.5, 0.6) is 0 Å². The highest BCUT2D eigenvalue weighted by Gasteiger charge is 2.19. The first kappa shape index (κ1) is 28.4. The minimum atomic E-state index is 0.695. The van der Waals surface area contributed by atoms with Crippen molar-refractivity contribution in [2.45, 2.75) is 0 Å². The fraction of sp³-hybridized carbons (Fsp3) is 0. The molecule has 9 aromatic rings. The number of para-hydroxylation sites is 4. The number of nitrogens with zero attached hydrogens (tertiary/aromatic N) is 6. The predicted octanol–water partition coefficient (Wildman–Crippen LogP) is 10.6. The maximum atomic E-state index is 4.66. The zero-order chi connectivity index (χ0) is 32.6. The molecule has 6 aromatic carbocycles. The van der Waals surface area contributed by atoms with Crippen LogP contribution in [0, 0.1) is 0 Å². The third kappa shape index (κ3) is 5.03. The van der Waals surface area contributed by atoms with Crippen molar-refractivity contribution in [1.82, 2.24) is 24.3 Å². The molecule has 0 N–H and O–H groups in total. The van der Waals surface area contributed by atoms with Crippen LogP contribution in [0.3, 0.4) is 0 Å². The van der Waals surface area contributed by atoms with Gasteiger partial charge in [0.2, 0.25) is 0 Å². The Balaban J connectivity index is 1.12. The van der Waals surface area contributed by atoms with E-state index in [9.17, 15) is 0 Å². The van der Waals surface area contributed by atoms with Gasteiger partial charge in [0.1, 0.15) is 5.69 Å². The van der Waals surface area contributed by atoms with Gasteiger partial charge < -0.3 is 9.47 Å². The van der Waals surface area contributed by atoms with E-state index >= 15 is 0 Å². The maximum Gasteiger partial charge on any atom is 0.187 e. The molecule has 0 amide bonds. The largest absolute Gasteiger partial charge is 0.311 e. The van der Waals surface area contributed by atoms with Crippen LogP contribution in [-0.4, -0.2) is 24.3 Å². The van der Waals surface area contributed by atoms with E-state index in [1.54, 1.807) is 6.20 Å². The lowest BCUT2D eigenvalue weighted by Crippen LogP contribution is -2.10. The van der Waals surface area contributed by atoms with Crippen molar-refractivity contribution in [2.24, 2.45) is 0 Å². The summed E-state index contributed by atoms with van der Waals surface area (Å²) in [6.45, 7) is 0. The van der Waals surface area contributed by atoms with Crippen molar-refractivity contribution in [3.8, 4) is 34.3 Å². The van der Waals surface area contributed by atoms with E-state index in [0.29, 0.717) is 5.82 Å². The summed E-state index contributed by atoms with van der Waals surface area (Å²) in [5.74, 6) is 1.44. The second kappa shape index (κ2) is 12.1. The molecule has 6 nitrogen and oxygen atoms in total. The Kier molecular flexibility index (Phi) is 7.02. The SMILES string of the molecule is c1ccc(N(c2ccc(-c3nnc(-c4ccccn4)n3-c3ccccc3)cc2)c2ccc(-n3c4ccccc4c4ccccc43)cc2)cc1. The zero-order valence-corrected chi connectivity index (χ0v) is 26.5. The van der Waals surface area contributed by atoms with Crippen molar-refractivity contribution in [1.29, 1.82) is 0 Å². The van der Waals surface area contributed by atoms with Gasteiger partial charge in [-0.3, -0.25) is 9.55 Å². The second-order valence-corrected chi connectivity index (χ2v) is 11.8. The van der Waals surface area contributed by atoms with E-state index < -0.39 is 0 Å². The number of pyridine rings is 1. The van der Waals surface area contributed by atoms with Gasteiger partial charge in [0.25, 0.3) is 0 Å². The first-order valence-electron chi connectivity index (χ1n) is 16.3. The van der Waals surface area contributed by atoms with Gasteiger partial charge in [0.05, 0.1) is 11.0 Å². The van der Waals surface area contributed by atoms with Crippen LogP contribution >= 0.6 is 0 Å². The van der Waals surface area contributed by atoms with Crippen molar-refractivity contribution in [3.05, 3.63) is 182 Å². The van der Waals surface area contributed by atoms with E-state index in [2.05, 4.69) is 163 Å². The van der Waals surface area contributed by atoms with E-state index in [-0.39, 0.29) is 0 Å². The molecule has 0 saturated carbocycles. The minimum absolute atomic E-state index is 0.695. The highest BCUT2D eigenvalue weighted by molar-refractivity contribution is 6.09. The number of fused-ring (bicyclic) bond motifs is 3. The molecule has 0 aliphatic heterocycles. The zero-order valence-electron chi connectivity index (χ0n) is 26.5. The van der Waals surface area contributed by atoms with Gasteiger partial charge in [-0.1, -0.05) is 78.9 Å². The van der Waals surface area contributed by atoms with Gasteiger partial charge in [0, 0.05) is 51.0 Å². The molecular formula is C43H30N6. The maximum absolute atomic E-state index is 4.66. The van der Waals surface area contributed by atoms with Gasteiger partial charge in [-0.25, -0.2) is 0 Å². The standard InChI is InChI=1S/C43H30N6/c1-3-13-32(14-4-1)47(35-26-28-36(29-27-35)48-40-20-9-7-17-37(40)38-18-8-10-21-41(38)48)34-24-22-31(23-25-34)42-45-46-43(39-19-11-12-30-44-39)49(42)33-15-5-2-6-16-33/h1-30H. The molecule has 0 aliphatic rings. The van der Waals surface area contributed by atoms with Crippen LogP contribution < -0.4 is 4.90 Å². The lowest BCUT2D eigenvalue weighted by Gasteiger charge is -2.26. The lowest BCUT2D eigenvalue weighted by molar-refractivity contribution is 1.06. The molecule has 232 valence electrons. The Hall–Kier alpha value is -6.79. The van der Waals surface area contributed by atoms with Crippen LogP contribution in [0.1, 0.15) is 0 Å². The monoisotopic (exact) mass is 630 g/mol. The number of anilines is 3. The van der Waals surface area contributed by atoms with E-state index in [1.807, 2.05) is 42.5 Å². The molecule has 0 spiro atoms. The Morgan fingerprint density at radius 1 is 0.388 bits per heavy atom. The summed E-state index contributed by atoms with van der Waals surface area (Å²) in [5.41, 5.74) is 9.38. The number of hydrogen-bond acceptors (Lipinski definition) is 4. The molecule has 0 aliphatic carbocycles. The summed E-state index contributed by atoms with van der Waals surface area (Å²) in [7, 11) is 0. The minimum Gasteiger partial charge on any atom is -0.311 e. The van der Waals surface area contributed by atoms with Crippen LogP contribution in [0.15, 0.2) is 182 Å². The molecule has 49 heavy (non-hydrogen) atoms. The van der Waals surface area contributed by atoms with Crippen molar-refractivity contribution in [2.75, 3.05) is 4.90 Å².